The van der Waals surface area contributed by atoms with E-state index in [4.69, 9.17) is 0 Å². The molecule has 67 heavy (non-hydrogen) atoms. The van der Waals surface area contributed by atoms with Gasteiger partial charge in [0.25, 0.3) is 0 Å². The van der Waals surface area contributed by atoms with Gasteiger partial charge in [-0.15, -0.1) is 11.3 Å². The lowest BCUT2D eigenvalue weighted by molar-refractivity contribution is 0.798. The van der Waals surface area contributed by atoms with E-state index >= 15 is 0 Å². The van der Waals surface area contributed by atoms with Crippen LogP contribution in [0.1, 0.15) is 22.3 Å². The van der Waals surface area contributed by atoms with Crippen molar-refractivity contribution >= 4 is 28.4 Å². The Morgan fingerprint density at radius 1 is 0.284 bits per heavy atom. The Morgan fingerprint density at radius 3 is 1.34 bits per heavy atom. The molecule has 1 aromatic heterocycles. The van der Waals surface area contributed by atoms with Gasteiger partial charge < -0.3 is 4.90 Å². The highest BCUT2D eigenvalue weighted by molar-refractivity contribution is 7.20. The molecule has 1 spiro atoms. The molecule has 1 heterocycles. The van der Waals surface area contributed by atoms with Crippen molar-refractivity contribution in [1.82, 2.24) is 0 Å². The first-order valence-corrected chi connectivity index (χ1v) is 23.9. The third kappa shape index (κ3) is 6.22. The van der Waals surface area contributed by atoms with Crippen LogP contribution < -0.4 is 4.90 Å². The molecule has 2 heteroatoms. The zero-order chi connectivity index (χ0) is 44.3. The molecule has 2 aliphatic carbocycles. The van der Waals surface area contributed by atoms with Gasteiger partial charge in [0.2, 0.25) is 0 Å². The number of benzene rings is 10. The fourth-order valence-corrected chi connectivity index (χ4v) is 12.4. The van der Waals surface area contributed by atoms with Crippen molar-refractivity contribution in [1.29, 1.82) is 0 Å². The quantitative estimate of drug-likeness (QED) is 0.147. The monoisotopic (exact) mass is 869 g/mol. The molecule has 0 bridgehead atoms. The molecule has 11 aromatic rings. The van der Waals surface area contributed by atoms with E-state index in [1.807, 2.05) is 11.3 Å². The fourth-order valence-electron chi connectivity index (χ4n) is 11.0. The molecule has 1 atom stereocenters. The second kappa shape index (κ2) is 16.0. The second-order valence-electron chi connectivity index (χ2n) is 17.5. The van der Waals surface area contributed by atoms with Crippen molar-refractivity contribution in [2.75, 3.05) is 4.90 Å². The standard InChI is InChI=1S/C65H43NS/c1-5-19-44(20-6-1)46-33-38-51(39-34-46)66(60-32-18-15-27-53(60)47-23-9-3-10-24-47)52-40-35-49(36-41-52)63-61(48-25-11-4-12-26-48)62-64(67-63)56-29-14-17-31-58(56)65(62)57-30-16-13-28-54(57)55-42-37-50(43-59(55)65)45-21-7-2-8-22-45/h1-43H. The first-order chi connectivity index (χ1) is 33.3. The van der Waals surface area contributed by atoms with Gasteiger partial charge in [-0.05, 0) is 114 Å². The van der Waals surface area contributed by atoms with Gasteiger partial charge >= 0.3 is 0 Å². The number of para-hydroxylation sites is 1. The highest BCUT2D eigenvalue weighted by Gasteiger charge is 2.54. The van der Waals surface area contributed by atoms with Crippen LogP contribution in [0, 0.1) is 0 Å². The smallest absolute Gasteiger partial charge is 0.0740 e. The minimum absolute atomic E-state index is 0.508. The molecule has 314 valence electrons. The maximum Gasteiger partial charge on any atom is 0.0740 e. The van der Waals surface area contributed by atoms with E-state index in [1.54, 1.807) is 0 Å². The van der Waals surface area contributed by atoms with Crippen LogP contribution in [0.25, 0.3) is 76.5 Å². The van der Waals surface area contributed by atoms with Gasteiger partial charge in [0, 0.05) is 32.3 Å². The molecule has 0 radical (unpaired) electrons. The van der Waals surface area contributed by atoms with E-state index in [-0.39, 0.29) is 0 Å². The van der Waals surface area contributed by atoms with Gasteiger partial charge in [-0.1, -0.05) is 224 Å². The third-order valence-corrected chi connectivity index (χ3v) is 15.2. The number of anilines is 3. The Balaban J connectivity index is 1.02. The fraction of sp³-hybridized carbons (Fsp3) is 0.0154. The summed E-state index contributed by atoms with van der Waals surface area (Å²) in [6.07, 6.45) is 0. The zero-order valence-corrected chi connectivity index (χ0v) is 37.5. The maximum absolute atomic E-state index is 2.49. The average molecular weight is 870 g/mol. The average Bonchev–Trinajstić information content (AvgIpc) is 4.04. The highest BCUT2D eigenvalue weighted by Crippen LogP contribution is 2.68. The van der Waals surface area contributed by atoms with Crippen LogP contribution in [-0.2, 0) is 5.41 Å². The van der Waals surface area contributed by atoms with Crippen molar-refractivity contribution in [2.24, 2.45) is 0 Å². The van der Waals surface area contributed by atoms with Crippen LogP contribution in [-0.4, -0.2) is 0 Å². The summed E-state index contributed by atoms with van der Waals surface area (Å²) in [6.45, 7) is 0. The van der Waals surface area contributed by atoms with E-state index < -0.39 is 5.41 Å². The number of thiophene rings is 1. The second-order valence-corrected chi connectivity index (χ2v) is 18.5. The molecule has 0 saturated heterocycles. The lowest BCUT2D eigenvalue weighted by Crippen LogP contribution is -2.26. The van der Waals surface area contributed by atoms with E-state index in [1.165, 1.54) is 98.8 Å². The SMILES string of the molecule is c1ccc(-c2ccc(N(c3ccc(-c4sc5c(c4-c4ccccc4)C4(c6ccccc6-c6ccc(-c7ccccc7)cc64)c4ccccc4-5)cc3)c3ccccc3-c3ccccc3)cc2)cc1. The predicted molar refractivity (Wildman–Crippen MR) is 282 cm³/mol. The lowest BCUT2D eigenvalue weighted by atomic mass is 9.68. The Labute approximate surface area is 396 Å². The van der Waals surface area contributed by atoms with Crippen LogP contribution in [0.15, 0.2) is 261 Å². The van der Waals surface area contributed by atoms with Gasteiger partial charge in [0.05, 0.1) is 11.1 Å². The largest absolute Gasteiger partial charge is 0.310 e. The zero-order valence-electron chi connectivity index (χ0n) is 36.7. The Kier molecular flexibility index (Phi) is 9.33. The predicted octanol–water partition coefficient (Wildman–Crippen LogP) is 17.9. The molecule has 0 aliphatic heterocycles. The molecule has 0 saturated carbocycles. The van der Waals surface area contributed by atoms with Crippen LogP contribution in [0.2, 0.25) is 0 Å². The van der Waals surface area contributed by atoms with Crippen molar-refractivity contribution < 1.29 is 0 Å². The van der Waals surface area contributed by atoms with Crippen LogP contribution in [0.4, 0.5) is 17.1 Å². The molecule has 0 N–H and O–H groups in total. The van der Waals surface area contributed by atoms with E-state index in [2.05, 4.69) is 266 Å². The molecule has 2 aliphatic rings. The van der Waals surface area contributed by atoms with E-state index in [0.717, 1.165) is 17.1 Å². The number of hydrogen-bond donors (Lipinski definition) is 0. The summed E-state index contributed by atoms with van der Waals surface area (Å²) in [7, 11) is 0. The lowest BCUT2D eigenvalue weighted by Gasteiger charge is -2.32. The van der Waals surface area contributed by atoms with Gasteiger partial charge in [0.15, 0.2) is 0 Å². The Hall–Kier alpha value is -8.30. The maximum atomic E-state index is 2.49. The molecule has 10 aromatic carbocycles. The first kappa shape index (κ1) is 39.1. The van der Waals surface area contributed by atoms with Crippen LogP contribution >= 0.6 is 11.3 Å². The normalized spacial score (nSPS) is 14.0. The van der Waals surface area contributed by atoms with Crippen molar-refractivity contribution in [2.45, 2.75) is 5.41 Å². The highest BCUT2D eigenvalue weighted by atomic mass is 32.1. The summed E-state index contributed by atoms with van der Waals surface area (Å²) >= 11 is 1.94. The summed E-state index contributed by atoms with van der Waals surface area (Å²) in [5.74, 6) is 0. The van der Waals surface area contributed by atoms with Gasteiger partial charge in [-0.25, -0.2) is 0 Å². The summed E-state index contributed by atoms with van der Waals surface area (Å²) in [4.78, 5) is 5.04. The molecular formula is C65H43NS. The van der Waals surface area contributed by atoms with E-state index in [0.29, 0.717) is 0 Å². The molecule has 0 amide bonds. The summed E-state index contributed by atoms with van der Waals surface area (Å²) in [5.41, 5.74) is 23.2. The Bertz CT molecular complexity index is 3590. The van der Waals surface area contributed by atoms with Gasteiger partial charge in [-0.2, -0.15) is 0 Å². The summed E-state index contributed by atoms with van der Waals surface area (Å²) in [6, 6.07) is 95.9. The minimum Gasteiger partial charge on any atom is -0.310 e. The summed E-state index contributed by atoms with van der Waals surface area (Å²) < 4.78 is 0. The molecular weight excluding hydrogens is 827 g/mol. The van der Waals surface area contributed by atoms with Crippen molar-refractivity contribution in [3.63, 3.8) is 0 Å². The van der Waals surface area contributed by atoms with Crippen molar-refractivity contribution in [3.05, 3.63) is 283 Å². The molecule has 0 fully saturated rings. The number of rotatable bonds is 8. The third-order valence-electron chi connectivity index (χ3n) is 13.9. The molecule has 1 nitrogen and oxygen atoms in total. The molecule has 13 rings (SSSR count). The minimum atomic E-state index is -0.508. The first-order valence-electron chi connectivity index (χ1n) is 23.1. The number of hydrogen-bond acceptors (Lipinski definition) is 2. The number of nitrogens with zero attached hydrogens (tertiary/aromatic N) is 1. The van der Waals surface area contributed by atoms with E-state index in [9.17, 15) is 0 Å². The molecule has 1 unspecified atom stereocenters. The van der Waals surface area contributed by atoms with Crippen LogP contribution in [0.3, 0.4) is 0 Å². The number of fused-ring (bicyclic) bond motifs is 10. The summed E-state index contributed by atoms with van der Waals surface area (Å²) in [5, 5.41) is 0. The van der Waals surface area contributed by atoms with Gasteiger partial charge in [0.1, 0.15) is 0 Å². The Morgan fingerprint density at radius 2 is 0.716 bits per heavy atom. The van der Waals surface area contributed by atoms with Crippen molar-refractivity contribution in [3.8, 4) is 76.5 Å². The topological polar surface area (TPSA) is 3.24 Å². The van der Waals surface area contributed by atoms with Gasteiger partial charge in [-0.3, -0.25) is 0 Å². The van der Waals surface area contributed by atoms with Crippen LogP contribution in [0.5, 0.6) is 0 Å².